The average molecular weight is 266 g/mol. The van der Waals surface area contributed by atoms with Crippen LogP contribution in [0.15, 0.2) is 18.2 Å². The van der Waals surface area contributed by atoms with Crippen LogP contribution in [0.3, 0.4) is 0 Å². The molecule has 1 unspecified atom stereocenters. The van der Waals surface area contributed by atoms with E-state index in [4.69, 9.17) is 18.0 Å². The van der Waals surface area contributed by atoms with Gasteiger partial charge in [-0.25, -0.2) is 4.39 Å². The van der Waals surface area contributed by atoms with Crippen LogP contribution in [0.25, 0.3) is 0 Å². The molecule has 0 heterocycles. The summed E-state index contributed by atoms with van der Waals surface area (Å²) >= 11 is 4.79. The number of anilines is 1. The molecule has 0 aromatic heterocycles. The maximum atomic E-state index is 13.7. The SMILES string of the molecule is CCC(CC1CC1)Nc1ccc(C(N)=S)c(F)c1. The van der Waals surface area contributed by atoms with Crippen molar-refractivity contribution in [2.24, 2.45) is 11.7 Å². The fourth-order valence-corrected chi connectivity index (χ4v) is 2.29. The van der Waals surface area contributed by atoms with E-state index in [1.54, 1.807) is 6.07 Å². The van der Waals surface area contributed by atoms with Gasteiger partial charge in [0.25, 0.3) is 0 Å². The van der Waals surface area contributed by atoms with Gasteiger partial charge in [0, 0.05) is 17.3 Å². The largest absolute Gasteiger partial charge is 0.389 e. The minimum absolute atomic E-state index is 0.101. The van der Waals surface area contributed by atoms with Crippen LogP contribution >= 0.6 is 12.2 Å². The number of halogens is 1. The summed E-state index contributed by atoms with van der Waals surface area (Å²) in [6.07, 6.45) is 4.91. The lowest BCUT2D eigenvalue weighted by Crippen LogP contribution is -2.19. The Morgan fingerprint density at radius 1 is 1.56 bits per heavy atom. The number of rotatable bonds is 6. The van der Waals surface area contributed by atoms with E-state index in [0.29, 0.717) is 11.6 Å². The first-order chi connectivity index (χ1) is 8.60. The Kier molecular flexibility index (Phi) is 4.17. The second kappa shape index (κ2) is 5.65. The monoisotopic (exact) mass is 266 g/mol. The van der Waals surface area contributed by atoms with Crippen LogP contribution in [0.2, 0.25) is 0 Å². The van der Waals surface area contributed by atoms with Gasteiger partial charge >= 0.3 is 0 Å². The third-order valence-corrected chi connectivity index (χ3v) is 3.63. The molecular formula is C14H19FN2S. The molecule has 1 aliphatic rings. The van der Waals surface area contributed by atoms with E-state index < -0.39 is 0 Å². The maximum absolute atomic E-state index is 13.7. The zero-order chi connectivity index (χ0) is 13.1. The molecule has 0 radical (unpaired) electrons. The Morgan fingerprint density at radius 2 is 2.28 bits per heavy atom. The number of hydrogen-bond donors (Lipinski definition) is 2. The normalized spacial score (nSPS) is 16.3. The molecule has 1 fully saturated rings. The molecule has 0 saturated heterocycles. The highest BCUT2D eigenvalue weighted by atomic mass is 32.1. The average Bonchev–Trinajstić information content (AvgIpc) is 3.11. The molecule has 0 amide bonds. The third-order valence-electron chi connectivity index (χ3n) is 3.41. The fraction of sp³-hybridized carbons (Fsp3) is 0.500. The van der Waals surface area contributed by atoms with Crippen LogP contribution in [0, 0.1) is 11.7 Å². The molecule has 1 atom stereocenters. The van der Waals surface area contributed by atoms with Gasteiger partial charge < -0.3 is 11.1 Å². The van der Waals surface area contributed by atoms with Crippen molar-refractivity contribution >= 4 is 22.9 Å². The Balaban J connectivity index is 2.03. The quantitative estimate of drug-likeness (QED) is 0.774. The van der Waals surface area contributed by atoms with Crippen LogP contribution in [-0.4, -0.2) is 11.0 Å². The minimum Gasteiger partial charge on any atom is -0.389 e. The first kappa shape index (κ1) is 13.3. The van der Waals surface area contributed by atoms with Crippen molar-refractivity contribution in [3.05, 3.63) is 29.6 Å². The van der Waals surface area contributed by atoms with Gasteiger partial charge in [-0.05, 0) is 37.0 Å². The molecule has 0 bridgehead atoms. The maximum Gasteiger partial charge on any atom is 0.135 e. The van der Waals surface area contributed by atoms with E-state index in [1.165, 1.54) is 25.3 Å². The topological polar surface area (TPSA) is 38.0 Å². The highest BCUT2D eigenvalue weighted by Gasteiger charge is 2.24. The molecule has 1 aliphatic carbocycles. The van der Waals surface area contributed by atoms with Gasteiger partial charge in [-0.3, -0.25) is 0 Å². The van der Waals surface area contributed by atoms with Crippen molar-refractivity contribution in [2.75, 3.05) is 5.32 Å². The smallest absolute Gasteiger partial charge is 0.135 e. The summed E-state index contributed by atoms with van der Waals surface area (Å²) in [6.45, 7) is 2.15. The Morgan fingerprint density at radius 3 is 2.78 bits per heavy atom. The molecule has 2 rings (SSSR count). The van der Waals surface area contributed by atoms with Gasteiger partial charge in [0.15, 0.2) is 0 Å². The molecule has 18 heavy (non-hydrogen) atoms. The van der Waals surface area contributed by atoms with E-state index in [2.05, 4.69) is 12.2 Å². The van der Waals surface area contributed by atoms with Gasteiger partial charge in [-0.1, -0.05) is 32.0 Å². The minimum atomic E-state index is -0.353. The molecule has 0 aliphatic heterocycles. The van der Waals surface area contributed by atoms with E-state index in [9.17, 15) is 4.39 Å². The van der Waals surface area contributed by atoms with E-state index in [-0.39, 0.29) is 10.8 Å². The number of thiocarbonyl (C=S) groups is 1. The summed E-state index contributed by atoms with van der Waals surface area (Å²) < 4.78 is 13.7. The zero-order valence-electron chi connectivity index (χ0n) is 10.6. The Labute approximate surface area is 113 Å². The van der Waals surface area contributed by atoms with E-state index >= 15 is 0 Å². The zero-order valence-corrected chi connectivity index (χ0v) is 11.4. The van der Waals surface area contributed by atoms with Crippen molar-refractivity contribution in [2.45, 2.75) is 38.6 Å². The number of benzene rings is 1. The van der Waals surface area contributed by atoms with Crippen LogP contribution in [0.4, 0.5) is 10.1 Å². The lowest BCUT2D eigenvalue weighted by Gasteiger charge is -2.18. The highest BCUT2D eigenvalue weighted by Crippen LogP contribution is 2.34. The number of hydrogen-bond acceptors (Lipinski definition) is 2. The second-order valence-corrected chi connectivity index (χ2v) is 5.43. The molecule has 4 heteroatoms. The molecule has 1 saturated carbocycles. The lowest BCUT2D eigenvalue weighted by molar-refractivity contribution is 0.585. The Hall–Kier alpha value is -1.16. The van der Waals surface area contributed by atoms with Crippen molar-refractivity contribution in [3.8, 4) is 0 Å². The van der Waals surface area contributed by atoms with E-state index in [1.807, 2.05) is 6.07 Å². The van der Waals surface area contributed by atoms with Crippen molar-refractivity contribution in [1.82, 2.24) is 0 Å². The molecule has 0 spiro atoms. The van der Waals surface area contributed by atoms with Crippen molar-refractivity contribution < 1.29 is 4.39 Å². The molecule has 98 valence electrons. The van der Waals surface area contributed by atoms with Gasteiger partial charge in [-0.15, -0.1) is 0 Å². The predicted octanol–water partition coefficient (Wildman–Crippen LogP) is 3.45. The summed E-state index contributed by atoms with van der Waals surface area (Å²) in [4.78, 5) is 0.101. The summed E-state index contributed by atoms with van der Waals surface area (Å²) in [7, 11) is 0. The predicted molar refractivity (Wildman–Crippen MR) is 77.3 cm³/mol. The second-order valence-electron chi connectivity index (χ2n) is 4.99. The summed E-state index contributed by atoms with van der Waals surface area (Å²) in [5.41, 5.74) is 6.55. The van der Waals surface area contributed by atoms with Gasteiger partial charge in [0.2, 0.25) is 0 Å². The summed E-state index contributed by atoms with van der Waals surface area (Å²) in [6, 6.07) is 5.38. The summed E-state index contributed by atoms with van der Waals surface area (Å²) in [5, 5.41) is 3.38. The van der Waals surface area contributed by atoms with Crippen LogP contribution in [0.1, 0.15) is 38.2 Å². The molecular weight excluding hydrogens is 247 g/mol. The molecule has 3 N–H and O–H groups in total. The van der Waals surface area contributed by atoms with Gasteiger partial charge in [-0.2, -0.15) is 0 Å². The van der Waals surface area contributed by atoms with Gasteiger partial charge in [0.1, 0.15) is 10.8 Å². The van der Waals surface area contributed by atoms with Gasteiger partial charge in [0.05, 0.1) is 0 Å². The number of nitrogens with two attached hydrogens (primary N) is 1. The standard InChI is InChI=1S/C14H19FN2S/c1-2-10(7-9-3-4-9)17-11-5-6-12(14(16)18)13(15)8-11/h5-6,8-10,17H,2-4,7H2,1H3,(H2,16,18). The number of nitrogens with one attached hydrogen (secondary N) is 1. The fourth-order valence-electron chi connectivity index (χ4n) is 2.12. The molecule has 1 aromatic carbocycles. The molecule has 1 aromatic rings. The first-order valence-corrected chi connectivity index (χ1v) is 6.87. The lowest BCUT2D eigenvalue weighted by atomic mass is 10.1. The van der Waals surface area contributed by atoms with Crippen LogP contribution < -0.4 is 11.1 Å². The molecule has 2 nitrogen and oxygen atoms in total. The first-order valence-electron chi connectivity index (χ1n) is 6.46. The van der Waals surface area contributed by atoms with Crippen molar-refractivity contribution in [1.29, 1.82) is 0 Å². The van der Waals surface area contributed by atoms with Crippen LogP contribution in [0.5, 0.6) is 0 Å². The highest BCUT2D eigenvalue weighted by molar-refractivity contribution is 7.80. The Bertz CT molecular complexity index is 443. The third kappa shape index (κ3) is 3.42. The summed E-state index contributed by atoms with van der Waals surface area (Å²) in [5.74, 6) is 0.511. The van der Waals surface area contributed by atoms with Crippen molar-refractivity contribution in [3.63, 3.8) is 0 Å². The van der Waals surface area contributed by atoms with E-state index in [0.717, 1.165) is 18.0 Å². The van der Waals surface area contributed by atoms with Crippen LogP contribution in [-0.2, 0) is 0 Å².